The summed E-state index contributed by atoms with van der Waals surface area (Å²) in [7, 11) is 1.74. The zero-order chi connectivity index (χ0) is 15.4. The number of rotatable bonds is 5. The van der Waals surface area contributed by atoms with Crippen molar-refractivity contribution in [1.82, 2.24) is 15.0 Å². The minimum atomic E-state index is -0.152. The second kappa shape index (κ2) is 7.02. The molecule has 3 atom stereocenters. The second-order valence-corrected chi connectivity index (χ2v) is 6.47. The number of anilines is 1. The van der Waals surface area contributed by atoms with Gasteiger partial charge in [-0.1, -0.05) is 32.4 Å². The van der Waals surface area contributed by atoms with Crippen LogP contribution in [0.2, 0.25) is 0 Å². The van der Waals surface area contributed by atoms with Crippen LogP contribution in [0.3, 0.4) is 0 Å². The first-order valence-electron chi connectivity index (χ1n) is 7.73. The van der Waals surface area contributed by atoms with Crippen molar-refractivity contribution in [3.8, 4) is 0 Å². The van der Waals surface area contributed by atoms with Crippen LogP contribution in [0.4, 0.5) is 5.82 Å². The average Bonchev–Trinajstić information content (AvgIpc) is 2.81. The van der Waals surface area contributed by atoms with E-state index in [-0.39, 0.29) is 18.6 Å². The lowest BCUT2D eigenvalue weighted by Gasteiger charge is -2.37. The largest absolute Gasteiger partial charge is 0.368 e. The molecule has 1 aromatic rings. The number of aryl methyl sites for hydroxylation is 1. The van der Waals surface area contributed by atoms with Crippen LogP contribution < -0.4 is 5.32 Å². The second-order valence-electron chi connectivity index (χ2n) is 6.47. The molecule has 118 valence electrons. The molecule has 0 aromatic carbocycles. The first kappa shape index (κ1) is 15.9. The van der Waals surface area contributed by atoms with Crippen molar-refractivity contribution >= 4 is 11.7 Å². The third-order valence-corrected chi connectivity index (χ3v) is 4.37. The molecule has 0 spiro atoms. The van der Waals surface area contributed by atoms with Crippen molar-refractivity contribution in [2.24, 2.45) is 24.8 Å². The van der Waals surface area contributed by atoms with E-state index in [0.717, 1.165) is 6.42 Å². The Labute approximate surface area is 126 Å². The molecule has 1 N–H and O–H groups in total. The first-order valence-corrected chi connectivity index (χ1v) is 7.73. The minimum absolute atomic E-state index is 0.0891. The summed E-state index contributed by atoms with van der Waals surface area (Å²) in [5.74, 6) is 2.25. The highest BCUT2D eigenvalue weighted by Crippen LogP contribution is 2.35. The number of amides is 1. The summed E-state index contributed by atoms with van der Waals surface area (Å²) in [6.07, 6.45) is 5.21. The van der Waals surface area contributed by atoms with Crippen LogP contribution >= 0.6 is 0 Å². The summed E-state index contributed by atoms with van der Waals surface area (Å²) in [4.78, 5) is 12.0. The van der Waals surface area contributed by atoms with Gasteiger partial charge in [0.1, 0.15) is 6.61 Å². The SMILES string of the molecule is CC1CCC(C(C)C)C(OCC(=O)Nc2cnnn2C)C1. The van der Waals surface area contributed by atoms with E-state index in [9.17, 15) is 4.79 Å². The van der Waals surface area contributed by atoms with Gasteiger partial charge in [-0.15, -0.1) is 5.10 Å². The van der Waals surface area contributed by atoms with Crippen molar-refractivity contribution in [2.75, 3.05) is 11.9 Å². The molecule has 0 aliphatic heterocycles. The van der Waals surface area contributed by atoms with E-state index in [4.69, 9.17) is 4.74 Å². The average molecular weight is 294 g/mol. The number of carbonyl (C=O) groups is 1. The first-order chi connectivity index (χ1) is 9.97. The topological polar surface area (TPSA) is 69.0 Å². The number of hydrogen-bond acceptors (Lipinski definition) is 4. The molecule has 6 nitrogen and oxygen atoms in total. The highest BCUT2D eigenvalue weighted by molar-refractivity contribution is 5.90. The van der Waals surface area contributed by atoms with Crippen molar-refractivity contribution in [2.45, 2.75) is 46.1 Å². The Morgan fingerprint density at radius 2 is 2.29 bits per heavy atom. The summed E-state index contributed by atoms with van der Waals surface area (Å²) < 4.78 is 7.44. The molecule has 21 heavy (non-hydrogen) atoms. The normalized spacial score (nSPS) is 26.0. The maximum atomic E-state index is 12.0. The molecule has 0 bridgehead atoms. The zero-order valence-electron chi connectivity index (χ0n) is 13.4. The molecule has 0 saturated heterocycles. The molecule has 1 amide bonds. The Morgan fingerprint density at radius 3 is 2.90 bits per heavy atom. The molecule has 1 fully saturated rings. The van der Waals surface area contributed by atoms with E-state index >= 15 is 0 Å². The van der Waals surface area contributed by atoms with Gasteiger partial charge in [0.25, 0.3) is 5.91 Å². The number of aromatic nitrogens is 3. The summed E-state index contributed by atoms with van der Waals surface area (Å²) in [5, 5.41) is 10.3. The molecule has 3 unspecified atom stereocenters. The van der Waals surface area contributed by atoms with Gasteiger partial charge in [-0.2, -0.15) is 0 Å². The van der Waals surface area contributed by atoms with E-state index in [2.05, 4.69) is 36.4 Å². The molecule has 2 rings (SSSR count). The number of ether oxygens (including phenoxy) is 1. The van der Waals surface area contributed by atoms with Gasteiger partial charge in [-0.05, 0) is 30.6 Å². The van der Waals surface area contributed by atoms with Gasteiger partial charge >= 0.3 is 0 Å². The van der Waals surface area contributed by atoms with Gasteiger partial charge in [0.15, 0.2) is 5.82 Å². The summed E-state index contributed by atoms with van der Waals surface area (Å²) in [5.41, 5.74) is 0. The van der Waals surface area contributed by atoms with Crippen molar-refractivity contribution in [3.05, 3.63) is 6.20 Å². The molecular weight excluding hydrogens is 268 g/mol. The molecule has 1 aliphatic carbocycles. The molecule has 0 radical (unpaired) electrons. The lowest BCUT2D eigenvalue weighted by Crippen LogP contribution is -2.36. The van der Waals surface area contributed by atoms with Crippen LogP contribution in [-0.4, -0.2) is 33.6 Å². The Balaban J connectivity index is 1.85. The molecule has 1 saturated carbocycles. The molecule has 6 heteroatoms. The van der Waals surface area contributed by atoms with Gasteiger partial charge < -0.3 is 10.1 Å². The fourth-order valence-electron chi connectivity index (χ4n) is 3.07. The zero-order valence-corrected chi connectivity index (χ0v) is 13.4. The molecular formula is C15H26N4O2. The van der Waals surface area contributed by atoms with Crippen LogP contribution in [0.25, 0.3) is 0 Å². The predicted octanol–water partition coefficient (Wildman–Crippen LogP) is 2.23. The van der Waals surface area contributed by atoms with E-state index in [1.54, 1.807) is 7.05 Å². The summed E-state index contributed by atoms with van der Waals surface area (Å²) in [6.45, 7) is 6.82. The van der Waals surface area contributed by atoms with Gasteiger partial charge in [0.2, 0.25) is 0 Å². The Morgan fingerprint density at radius 1 is 1.52 bits per heavy atom. The van der Waals surface area contributed by atoms with Gasteiger partial charge in [0.05, 0.1) is 12.3 Å². The number of nitrogens with one attached hydrogen (secondary N) is 1. The van der Waals surface area contributed by atoms with E-state index in [0.29, 0.717) is 23.6 Å². The number of hydrogen-bond donors (Lipinski definition) is 1. The van der Waals surface area contributed by atoms with Gasteiger partial charge in [-0.3, -0.25) is 4.79 Å². The van der Waals surface area contributed by atoms with Crippen molar-refractivity contribution < 1.29 is 9.53 Å². The summed E-state index contributed by atoms with van der Waals surface area (Å²) >= 11 is 0. The standard InChI is InChI=1S/C15H26N4O2/c1-10(2)12-6-5-11(3)7-13(12)21-9-15(20)17-14-8-16-18-19(14)4/h8,10-13H,5-7,9H2,1-4H3,(H,17,20). The van der Waals surface area contributed by atoms with Crippen molar-refractivity contribution in [3.63, 3.8) is 0 Å². The Hall–Kier alpha value is -1.43. The highest BCUT2D eigenvalue weighted by atomic mass is 16.5. The summed E-state index contributed by atoms with van der Waals surface area (Å²) in [6, 6.07) is 0. The van der Waals surface area contributed by atoms with Crippen LogP contribution in [0.5, 0.6) is 0 Å². The predicted molar refractivity (Wildman–Crippen MR) is 80.7 cm³/mol. The lowest BCUT2D eigenvalue weighted by molar-refractivity contribution is -0.126. The van der Waals surface area contributed by atoms with Crippen LogP contribution in [0.15, 0.2) is 6.20 Å². The Kier molecular flexibility index (Phi) is 5.33. The van der Waals surface area contributed by atoms with Gasteiger partial charge in [-0.25, -0.2) is 4.68 Å². The third-order valence-electron chi connectivity index (χ3n) is 4.37. The molecule has 1 heterocycles. The monoisotopic (exact) mass is 294 g/mol. The minimum Gasteiger partial charge on any atom is -0.368 e. The Bertz CT molecular complexity index is 472. The van der Waals surface area contributed by atoms with Crippen molar-refractivity contribution in [1.29, 1.82) is 0 Å². The lowest BCUT2D eigenvalue weighted by atomic mass is 9.75. The smallest absolute Gasteiger partial charge is 0.251 e. The van der Waals surface area contributed by atoms with E-state index < -0.39 is 0 Å². The molecule has 1 aliphatic rings. The van der Waals surface area contributed by atoms with E-state index in [1.807, 2.05) is 0 Å². The maximum Gasteiger partial charge on any atom is 0.251 e. The van der Waals surface area contributed by atoms with Crippen LogP contribution in [0, 0.1) is 17.8 Å². The fraction of sp³-hybridized carbons (Fsp3) is 0.800. The molecule has 1 aromatic heterocycles. The van der Waals surface area contributed by atoms with E-state index in [1.165, 1.54) is 23.7 Å². The quantitative estimate of drug-likeness (QED) is 0.904. The third kappa shape index (κ3) is 4.27. The number of carbonyl (C=O) groups excluding carboxylic acids is 1. The highest BCUT2D eigenvalue weighted by Gasteiger charge is 2.31. The number of nitrogens with zero attached hydrogens (tertiary/aromatic N) is 3. The maximum absolute atomic E-state index is 12.0. The fourth-order valence-corrected chi connectivity index (χ4v) is 3.07. The van der Waals surface area contributed by atoms with Crippen LogP contribution in [0.1, 0.15) is 40.0 Å². The van der Waals surface area contributed by atoms with Gasteiger partial charge in [0, 0.05) is 7.05 Å². The van der Waals surface area contributed by atoms with Crippen LogP contribution in [-0.2, 0) is 16.6 Å².